The summed E-state index contributed by atoms with van der Waals surface area (Å²) in [5, 5.41) is 0. The molecule has 0 N–H and O–H groups in total. The Morgan fingerprint density at radius 3 is 2.34 bits per heavy atom. The number of hydrogen-bond donors (Lipinski definition) is 0. The van der Waals surface area contributed by atoms with Gasteiger partial charge in [0.1, 0.15) is 0 Å². The van der Waals surface area contributed by atoms with Crippen LogP contribution >= 0.6 is 15.9 Å². The molecule has 0 aliphatic heterocycles. The highest BCUT2D eigenvalue weighted by Gasteiger charge is 2.34. The maximum atomic E-state index is 12.9. The number of fused-ring (bicyclic) bond motifs is 1. The first-order valence-corrected chi connectivity index (χ1v) is 11.3. The van der Waals surface area contributed by atoms with Crippen molar-refractivity contribution in [1.82, 2.24) is 4.57 Å². The third-order valence-electron chi connectivity index (χ3n) is 5.84. The highest BCUT2D eigenvalue weighted by atomic mass is 79.9. The van der Waals surface area contributed by atoms with Crippen LogP contribution < -0.4 is 0 Å². The Labute approximate surface area is 182 Å². The Morgan fingerprint density at radius 1 is 1.00 bits per heavy atom. The Bertz CT molecular complexity index is 1030. The molecular weight excluding hydrogens is 422 g/mol. The molecule has 0 amide bonds. The zero-order chi connectivity index (χ0) is 20.6. The normalized spacial score (nSPS) is 15.4. The number of hydrogen-bond acceptors (Lipinski definition) is 1. The van der Waals surface area contributed by atoms with Crippen molar-refractivity contribution in [2.75, 3.05) is 0 Å². The van der Waals surface area contributed by atoms with Crippen LogP contribution in [0, 0.1) is 5.41 Å². The number of nitrogens with zero attached hydrogens (tertiary/aromatic N) is 1. The molecule has 3 aromatic rings. The first kappa shape index (κ1) is 20.2. The zero-order valence-electron chi connectivity index (χ0n) is 17.5. The first-order chi connectivity index (χ1) is 13.9. The summed E-state index contributed by atoms with van der Waals surface area (Å²) in [5.74, 6) is 0.257. The van der Waals surface area contributed by atoms with Gasteiger partial charge in [0.25, 0.3) is 0 Å². The SMILES string of the molecule is CCCCc1ccc(-n2c(-c3ccc(Br)cc3)cc3c2CC(C)(C)CC3=O)cc1. The average molecular weight is 450 g/mol. The van der Waals surface area contributed by atoms with Crippen molar-refractivity contribution in [2.24, 2.45) is 5.41 Å². The molecule has 1 aliphatic carbocycles. The lowest BCUT2D eigenvalue weighted by Crippen LogP contribution is -2.27. The van der Waals surface area contributed by atoms with Gasteiger partial charge < -0.3 is 4.57 Å². The Kier molecular flexibility index (Phi) is 5.52. The standard InChI is InChI=1S/C26H28BrNO/c1-4-5-6-18-7-13-21(14-8-18)28-23(19-9-11-20(27)12-10-19)15-22-24(28)16-26(2,3)17-25(22)29/h7-15H,4-6,16-17H2,1-3H3. The lowest BCUT2D eigenvalue weighted by Gasteiger charge is -2.30. The number of benzene rings is 2. The summed E-state index contributed by atoms with van der Waals surface area (Å²) in [6, 6.07) is 19.3. The average Bonchev–Trinajstić information content (AvgIpc) is 3.06. The van der Waals surface area contributed by atoms with E-state index in [0.29, 0.717) is 6.42 Å². The molecular formula is C26H28BrNO. The van der Waals surface area contributed by atoms with Crippen molar-refractivity contribution >= 4 is 21.7 Å². The maximum Gasteiger partial charge on any atom is 0.165 e. The van der Waals surface area contributed by atoms with Gasteiger partial charge in [-0.25, -0.2) is 0 Å². The summed E-state index contributed by atoms with van der Waals surface area (Å²) in [5.41, 5.74) is 6.74. The minimum atomic E-state index is -0.0156. The number of aromatic nitrogens is 1. The second-order valence-electron chi connectivity index (χ2n) is 8.94. The largest absolute Gasteiger partial charge is 0.313 e. The molecule has 1 aliphatic rings. The monoisotopic (exact) mass is 449 g/mol. The fraction of sp³-hybridized carbons (Fsp3) is 0.346. The number of unbranched alkanes of at least 4 members (excludes halogenated alkanes) is 1. The molecule has 0 unspecified atom stereocenters. The van der Waals surface area contributed by atoms with Gasteiger partial charge in [-0.1, -0.05) is 67.4 Å². The molecule has 3 heteroatoms. The third-order valence-corrected chi connectivity index (χ3v) is 6.37. The van der Waals surface area contributed by atoms with E-state index >= 15 is 0 Å². The molecule has 0 spiro atoms. The van der Waals surface area contributed by atoms with E-state index in [2.05, 4.69) is 95.9 Å². The van der Waals surface area contributed by atoms with Gasteiger partial charge in [-0.2, -0.15) is 0 Å². The molecule has 0 radical (unpaired) electrons. The maximum absolute atomic E-state index is 12.9. The summed E-state index contributed by atoms with van der Waals surface area (Å²) >= 11 is 3.53. The van der Waals surface area contributed by atoms with Crippen molar-refractivity contribution in [3.63, 3.8) is 0 Å². The second-order valence-corrected chi connectivity index (χ2v) is 9.86. The fourth-order valence-electron chi connectivity index (χ4n) is 4.33. The number of ketones is 1. The molecule has 0 atom stereocenters. The van der Waals surface area contributed by atoms with E-state index in [1.165, 1.54) is 18.4 Å². The van der Waals surface area contributed by atoms with Gasteiger partial charge in [0, 0.05) is 27.8 Å². The molecule has 0 saturated carbocycles. The van der Waals surface area contributed by atoms with Crippen LogP contribution in [0.5, 0.6) is 0 Å². The van der Waals surface area contributed by atoms with Crippen LogP contribution in [0.3, 0.4) is 0 Å². The Balaban J connectivity index is 1.86. The van der Waals surface area contributed by atoms with Crippen molar-refractivity contribution in [3.05, 3.63) is 75.9 Å². The summed E-state index contributed by atoms with van der Waals surface area (Å²) in [6.07, 6.45) is 5.05. The second kappa shape index (κ2) is 7.95. The number of aryl methyl sites for hydroxylation is 1. The van der Waals surface area contributed by atoms with Gasteiger partial charge in [0.15, 0.2) is 5.78 Å². The first-order valence-electron chi connectivity index (χ1n) is 10.5. The molecule has 0 bridgehead atoms. The Hall–Kier alpha value is -2.13. The number of carbonyl (C=O) groups is 1. The van der Waals surface area contributed by atoms with Crippen molar-refractivity contribution in [3.8, 4) is 16.9 Å². The van der Waals surface area contributed by atoms with Gasteiger partial charge in [-0.3, -0.25) is 4.79 Å². The number of carbonyl (C=O) groups excluding carboxylic acids is 1. The number of Topliss-reactive ketones (excluding diaryl/α,β-unsaturated/α-hetero) is 1. The number of rotatable bonds is 5. The van der Waals surface area contributed by atoms with Crippen molar-refractivity contribution < 1.29 is 4.79 Å². The molecule has 2 aromatic carbocycles. The molecule has 0 fully saturated rings. The lowest BCUT2D eigenvalue weighted by atomic mass is 9.76. The van der Waals surface area contributed by atoms with Crippen LogP contribution in [-0.4, -0.2) is 10.4 Å². The molecule has 2 nitrogen and oxygen atoms in total. The minimum absolute atomic E-state index is 0.0156. The third kappa shape index (κ3) is 4.11. The molecule has 29 heavy (non-hydrogen) atoms. The summed E-state index contributed by atoms with van der Waals surface area (Å²) in [4.78, 5) is 12.9. The lowest BCUT2D eigenvalue weighted by molar-refractivity contribution is 0.0911. The van der Waals surface area contributed by atoms with Gasteiger partial charge in [0.2, 0.25) is 0 Å². The molecule has 1 aromatic heterocycles. The van der Waals surface area contributed by atoms with E-state index in [1.807, 2.05) is 0 Å². The summed E-state index contributed by atoms with van der Waals surface area (Å²) in [6.45, 7) is 6.61. The van der Waals surface area contributed by atoms with E-state index in [0.717, 1.165) is 45.5 Å². The highest BCUT2D eigenvalue weighted by molar-refractivity contribution is 9.10. The van der Waals surface area contributed by atoms with Crippen molar-refractivity contribution in [2.45, 2.75) is 52.9 Å². The van der Waals surface area contributed by atoms with E-state index in [9.17, 15) is 4.79 Å². The molecule has 4 rings (SSSR count). The quantitative estimate of drug-likeness (QED) is 0.397. The summed E-state index contributed by atoms with van der Waals surface area (Å²) < 4.78 is 3.36. The number of halogens is 1. The van der Waals surface area contributed by atoms with Crippen LogP contribution in [0.2, 0.25) is 0 Å². The molecule has 150 valence electrons. The minimum Gasteiger partial charge on any atom is -0.313 e. The van der Waals surface area contributed by atoms with E-state index < -0.39 is 0 Å². The van der Waals surface area contributed by atoms with Crippen molar-refractivity contribution in [1.29, 1.82) is 0 Å². The fourth-order valence-corrected chi connectivity index (χ4v) is 4.60. The van der Waals surface area contributed by atoms with Crippen LogP contribution in [0.4, 0.5) is 0 Å². The van der Waals surface area contributed by atoms with Crippen LogP contribution in [0.1, 0.15) is 61.6 Å². The van der Waals surface area contributed by atoms with Gasteiger partial charge in [-0.15, -0.1) is 0 Å². The topological polar surface area (TPSA) is 22.0 Å². The van der Waals surface area contributed by atoms with E-state index in [4.69, 9.17) is 0 Å². The van der Waals surface area contributed by atoms with Crippen LogP contribution in [0.15, 0.2) is 59.1 Å². The highest BCUT2D eigenvalue weighted by Crippen LogP contribution is 2.40. The van der Waals surface area contributed by atoms with Crippen LogP contribution in [-0.2, 0) is 12.8 Å². The van der Waals surface area contributed by atoms with Gasteiger partial charge >= 0.3 is 0 Å². The molecule has 1 heterocycles. The smallest absolute Gasteiger partial charge is 0.165 e. The van der Waals surface area contributed by atoms with Gasteiger partial charge in [0.05, 0.1) is 5.69 Å². The predicted molar refractivity (Wildman–Crippen MR) is 124 cm³/mol. The zero-order valence-corrected chi connectivity index (χ0v) is 19.1. The predicted octanol–water partition coefficient (Wildman–Crippen LogP) is 7.40. The molecule has 0 saturated heterocycles. The van der Waals surface area contributed by atoms with E-state index in [-0.39, 0.29) is 11.2 Å². The van der Waals surface area contributed by atoms with E-state index in [1.54, 1.807) is 0 Å². The Morgan fingerprint density at radius 2 is 1.69 bits per heavy atom. The van der Waals surface area contributed by atoms with Gasteiger partial charge in [-0.05, 0) is 66.1 Å². The summed E-state index contributed by atoms with van der Waals surface area (Å²) in [7, 11) is 0. The van der Waals surface area contributed by atoms with Crippen LogP contribution in [0.25, 0.3) is 16.9 Å².